The van der Waals surface area contributed by atoms with Gasteiger partial charge in [-0.1, -0.05) is 29.4 Å². The zero-order chi connectivity index (χ0) is 14.8. The van der Waals surface area contributed by atoms with Crippen LogP contribution < -0.4 is 0 Å². The molecule has 1 atom stereocenters. The van der Waals surface area contributed by atoms with Crippen LogP contribution in [-0.4, -0.2) is 23.1 Å². The van der Waals surface area contributed by atoms with E-state index in [0.717, 1.165) is 17.5 Å². The van der Waals surface area contributed by atoms with Gasteiger partial charge in [0.15, 0.2) is 0 Å². The lowest BCUT2D eigenvalue weighted by Gasteiger charge is -2.35. The van der Waals surface area contributed by atoms with Crippen molar-refractivity contribution in [1.82, 2.24) is 4.90 Å². The van der Waals surface area contributed by atoms with E-state index < -0.39 is 17.9 Å². The molecule has 0 aliphatic carbocycles. The van der Waals surface area contributed by atoms with E-state index in [1.54, 1.807) is 0 Å². The van der Waals surface area contributed by atoms with Crippen molar-refractivity contribution in [3.8, 4) is 0 Å². The Morgan fingerprint density at radius 2 is 2.15 bits per heavy atom. The topological polar surface area (TPSA) is 78.3 Å². The molecule has 0 saturated heterocycles. The van der Waals surface area contributed by atoms with Crippen molar-refractivity contribution >= 4 is 6.09 Å². The summed E-state index contributed by atoms with van der Waals surface area (Å²) in [5.74, 6) is 0. The molecule has 0 N–H and O–H groups in total. The van der Waals surface area contributed by atoms with Gasteiger partial charge in [0, 0.05) is 11.5 Å². The Morgan fingerprint density at radius 3 is 2.80 bits per heavy atom. The Balaban J connectivity index is 2.31. The van der Waals surface area contributed by atoms with E-state index in [0.29, 0.717) is 6.54 Å². The first kappa shape index (κ1) is 14.2. The fraction of sp³-hybridized carbons (Fsp3) is 0.500. The summed E-state index contributed by atoms with van der Waals surface area (Å²) in [7, 11) is 0. The van der Waals surface area contributed by atoms with Gasteiger partial charge in [0.05, 0.1) is 0 Å². The third kappa shape index (κ3) is 3.03. The van der Waals surface area contributed by atoms with E-state index in [9.17, 15) is 4.79 Å². The quantitative estimate of drug-likeness (QED) is 0.443. The summed E-state index contributed by atoms with van der Waals surface area (Å²) < 4.78 is 5.37. The van der Waals surface area contributed by atoms with E-state index in [-0.39, 0.29) is 0 Å². The Kier molecular flexibility index (Phi) is 3.86. The van der Waals surface area contributed by atoms with E-state index in [1.807, 2.05) is 45.0 Å². The van der Waals surface area contributed by atoms with Crippen LogP contribution in [0.3, 0.4) is 0 Å². The van der Waals surface area contributed by atoms with Gasteiger partial charge in [-0.2, -0.15) is 0 Å². The smallest absolute Gasteiger partial charge is 0.410 e. The maximum absolute atomic E-state index is 12.2. The van der Waals surface area contributed by atoms with Crippen LogP contribution in [0.15, 0.2) is 29.4 Å². The molecule has 6 nitrogen and oxygen atoms in total. The van der Waals surface area contributed by atoms with Gasteiger partial charge in [-0.05, 0) is 43.9 Å². The van der Waals surface area contributed by atoms with Crippen molar-refractivity contribution in [2.45, 2.75) is 39.0 Å². The normalized spacial score (nSPS) is 17.9. The van der Waals surface area contributed by atoms with Crippen molar-refractivity contribution in [2.24, 2.45) is 5.11 Å². The van der Waals surface area contributed by atoms with Crippen LogP contribution in [0.25, 0.3) is 10.4 Å². The summed E-state index contributed by atoms with van der Waals surface area (Å²) in [5.41, 5.74) is 10.1. The van der Waals surface area contributed by atoms with Crippen LogP contribution in [0.1, 0.15) is 38.1 Å². The molecule has 6 heteroatoms. The number of azide groups is 1. The predicted molar refractivity (Wildman–Crippen MR) is 75.0 cm³/mol. The molecular weight excluding hydrogens is 256 g/mol. The zero-order valence-electron chi connectivity index (χ0n) is 11.9. The van der Waals surface area contributed by atoms with Crippen LogP contribution in [-0.2, 0) is 11.2 Å². The Hall–Kier alpha value is -2.20. The molecular formula is C14H18N4O2. The lowest BCUT2D eigenvalue weighted by molar-refractivity contribution is 0.0148. The second-order valence-corrected chi connectivity index (χ2v) is 5.70. The van der Waals surface area contributed by atoms with Crippen LogP contribution in [0.5, 0.6) is 0 Å². The molecule has 106 valence electrons. The molecule has 0 bridgehead atoms. The first-order valence-corrected chi connectivity index (χ1v) is 6.54. The third-order valence-corrected chi connectivity index (χ3v) is 3.04. The SMILES string of the molecule is CC(C)(C)OC(=O)N1CCc2ccccc2[C@@H]1N=[N+]=[N-]. The van der Waals surface area contributed by atoms with Gasteiger partial charge in [-0.3, -0.25) is 4.90 Å². The molecule has 0 saturated carbocycles. The minimum Gasteiger partial charge on any atom is -0.444 e. The lowest BCUT2D eigenvalue weighted by atomic mass is 9.97. The second kappa shape index (κ2) is 5.43. The fourth-order valence-corrected chi connectivity index (χ4v) is 2.23. The first-order chi connectivity index (χ1) is 9.42. The largest absolute Gasteiger partial charge is 0.444 e. The molecule has 0 aromatic heterocycles. The fourth-order valence-electron chi connectivity index (χ4n) is 2.23. The second-order valence-electron chi connectivity index (χ2n) is 5.70. The number of fused-ring (bicyclic) bond motifs is 1. The van der Waals surface area contributed by atoms with Gasteiger partial charge in [0.25, 0.3) is 0 Å². The van der Waals surface area contributed by atoms with Gasteiger partial charge in [-0.25, -0.2) is 4.79 Å². The first-order valence-electron chi connectivity index (χ1n) is 6.54. The molecule has 0 fully saturated rings. The molecule has 1 heterocycles. The number of ether oxygens (including phenoxy) is 1. The summed E-state index contributed by atoms with van der Waals surface area (Å²) in [4.78, 5) is 16.6. The van der Waals surface area contributed by atoms with Crippen LogP contribution in [0.2, 0.25) is 0 Å². The van der Waals surface area contributed by atoms with Crippen molar-refractivity contribution in [1.29, 1.82) is 0 Å². The molecule has 1 aliphatic heterocycles. The molecule has 0 unspecified atom stereocenters. The molecule has 1 aromatic carbocycles. The van der Waals surface area contributed by atoms with Crippen LogP contribution in [0, 0.1) is 0 Å². The van der Waals surface area contributed by atoms with Crippen LogP contribution in [0.4, 0.5) is 4.79 Å². The molecule has 2 rings (SSSR count). The van der Waals surface area contributed by atoms with E-state index in [4.69, 9.17) is 10.3 Å². The van der Waals surface area contributed by atoms with Crippen LogP contribution >= 0.6 is 0 Å². The molecule has 1 amide bonds. The standard InChI is InChI=1S/C14H18N4O2/c1-14(2,3)20-13(19)18-9-8-10-6-4-5-7-11(10)12(18)16-17-15/h4-7,12H,8-9H2,1-3H3/t12-/m1/s1. The number of amides is 1. The van der Waals surface area contributed by atoms with Gasteiger partial charge in [0.2, 0.25) is 0 Å². The number of benzene rings is 1. The molecule has 0 spiro atoms. The Bertz CT molecular complexity index is 559. The maximum Gasteiger partial charge on any atom is 0.410 e. The molecule has 1 aromatic rings. The minimum absolute atomic E-state index is 0.454. The van der Waals surface area contributed by atoms with Crippen molar-refractivity contribution in [3.63, 3.8) is 0 Å². The highest BCUT2D eigenvalue weighted by atomic mass is 16.6. The van der Waals surface area contributed by atoms with E-state index >= 15 is 0 Å². The highest BCUT2D eigenvalue weighted by molar-refractivity contribution is 5.69. The van der Waals surface area contributed by atoms with Gasteiger partial charge >= 0.3 is 6.09 Å². The molecule has 20 heavy (non-hydrogen) atoms. The minimum atomic E-state index is -0.639. The van der Waals surface area contributed by atoms with E-state index in [2.05, 4.69) is 10.0 Å². The maximum atomic E-state index is 12.2. The Labute approximate surface area is 118 Å². The average Bonchev–Trinajstić information content (AvgIpc) is 2.37. The summed E-state index contributed by atoms with van der Waals surface area (Å²) >= 11 is 0. The number of hydrogen-bond donors (Lipinski definition) is 0. The van der Waals surface area contributed by atoms with Crippen molar-refractivity contribution in [3.05, 3.63) is 45.8 Å². The number of hydrogen-bond acceptors (Lipinski definition) is 3. The van der Waals surface area contributed by atoms with Gasteiger partial charge < -0.3 is 4.74 Å². The summed E-state index contributed by atoms with van der Waals surface area (Å²) in [6.07, 6.45) is -0.364. The van der Waals surface area contributed by atoms with Crippen molar-refractivity contribution in [2.75, 3.05) is 6.54 Å². The molecule has 0 radical (unpaired) electrons. The van der Waals surface area contributed by atoms with Crippen molar-refractivity contribution < 1.29 is 9.53 Å². The summed E-state index contributed by atoms with van der Waals surface area (Å²) in [6.45, 7) is 5.91. The number of carbonyl (C=O) groups is 1. The lowest BCUT2D eigenvalue weighted by Crippen LogP contribution is -2.42. The Morgan fingerprint density at radius 1 is 1.45 bits per heavy atom. The van der Waals surface area contributed by atoms with Gasteiger partial charge in [0.1, 0.15) is 11.8 Å². The highest BCUT2D eigenvalue weighted by Gasteiger charge is 2.32. The average molecular weight is 274 g/mol. The zero-order valence-corrected chi connectivity index (χ0v) is 11.9. The summed E-state index contributed by atoms with van der Waals surface area (Å²) in [5, 5.41) is 3.76. The summed E-state index contributed by atoms with van der Waals surface area (Å²) in [6, 6.07) is 7.68. The van der Waals surface area contributed by atoms with Gasteiger partial charge in [-0.15, -0.1) is 0 Å². The number of nitrogens with zero attached hydrogens (tertiary/aromatic N) is 4. The highest BCUT2D eigenvalue weighted by Crippen LogP contribution is 2.31. The molecule has 1 aliphatic rings. The van der Waals surface area contributed by atoms with E-state index in [1.165, 1.54) is 4.90 Å². The monoisotopic (exact) mass is 274 g/mol. The number of rotatable bonds is 1. The third-order valence-electron chi connectivity index (χ3n) is 3.04. The predicted octanol–water partition coefficient (Wildman–Crippen LogP) is 3.79. The number of carbonyl (C=O) groups excluding carboxylic acids is 1.